The highest BCUT2D eigenvalue weighted by atomic mass is 16.2. The third-order valence-corrected chi connectivity index (χ3v) is 3.43. The van der Waals surface area contributed by atoms with E-state index in [0.717, 1.165) is 38.9 Å². The van der Waals surface area contributed by atoms with E-state index in [1.807, 2.05) is 6.92 Å². The smallest absolute Gasteiger partial charge is 0.234 e. The number of rotatable bonds is 5. The quantitative estimate of drug-likeness (QED) is 0.722. The molecule has 94 valence electrons. The second kappa shape index (κ2) is 6.86. The lowest BCUT2D eigenvalue weighted by Gasteiger charge is -2.31. The molecule has 1 unspecified atom stereocenters. The van der Waals surface area contributed by atoms with Crippen molar-refractivity contribution in [3.63, 3.8) is 0 Å². The van der Waals surface area contributed by atoms with Gasteiger partial charge in [0.2, 0.25) is 5.91 Å². The van der Waals surface area contributed by atoms with Crippen molar-refractivity contribution >= 4 is 5.91 Å². The average Bonchev–Trinajstić information content (AvgIpc) is 2.29. The maximum atomic E-state index is 11.7. The first-order chi connectivity index (χ1) is 7.65. The third-order valence-electron chi connectivity index (χ3n) is 3.43. The van der Waals surface area contributed by atoms with E-state index in [9.17, 15) is 4.79 Å². The van der Waals surface area contributed by atoms with Gasteiger partial charge in [-0.1, -0.05) is 6.92 Å². The molecular weight excluding hydrogens is 202 g/mol. The lowest BCUT2D eigenvalue weighted by molar-refractivity contribution is -0.123. The molecule has 1 aliphatic rings. The zero-order valence-corrected chi connectivity index (χ0v) is 10.5. The average molecular weight is 227 g/mol. The Morgan fingerprint density at radius 2 is 2.12 bits per heavy atom. The Labute approximate surface area is 98.6 Å². The van der Waals surface area contributed by atoms with Gasteiger partial charge in [-0.2, -0.15) is 0 Å². The van der Waals surface area contributed by atoms with Crippen molar-refractivity contribution in [2.75, 3.05) is 26.2 Å². The summed E-state index contributed by atoms with van der Waals surface area (Å²) >= 11 is 0. The maximum absolute atomic E-state index is 11.7. The fourth-order valence-corrected chi connectivity index (χ4v) is 2.01. The minimum Gasteiger partial charge on any atom is -0.353 e. The SMILES string of the molecule is CCC(C)NC(=O)CN1CCC(CN)CC1. The predicted octanol–water partition coefficient (Wildman–Crippen LogP) is 0.572. The van der Waals surface area contributed by atoms with Crippen molar-refractivity contribution in [1.82, 2.24) is 10.2 Å². The molecule has 0 aliphatic carbocycles. The molecule has 0 bridgehead atoms. The van der Waals surface area contributed by atoms with Gasteiger partial charge in [-0.05, 0) is 51.7 Å². The lowest BCUT2D eigenvalue weighted by Crippen LogP contribution is -2.44. The molecule has 0 aromatic carbocycles. The fraction of sp³-hybridized carbons (Fsp3) is 0.917. The molecule has 0 saturated carbocycles. The summed E-state index contributed by atoms with van der Waals surface area (Å²) in [6, 6.07) is 0.286. The van der Waals surface area contributed by atoms with Gasteiger partial charge in [0.1, 0.15) is 0 Å². The summed E-state index contributed by atoms with van der Waals surface area (Å²) in [7, 11) is 0. The van der Waals surface area contributed by atoms with Crippen LogP contribution in [0.3, 0.4) is 0 Å². The second-order valence-corrected chi connectivity index (χ2v) is 4.83. The molecular formula is C12H25N3O. The van der Waals surface area contributed by atoms with E-state index in [-0.39, 0.29) is 11.9 Å². The number of nitrogens with zero attached hydrogens (tertiary/aromatic N) is 1. The summed E-state index contributed by atoms with van der Waals surface area (Å²) in [5.41, 5.74) is 5.64. The number of nitrogens with one attached hydrogen (secondary N) is 1. The molecule has 0 radical (unpaired) electrons. The zero-order chi connectivity index (χ0) is 12.0. The number of carbonyl (C=O) groups excluding carboxylic acids is 1. The molecule has 1 heterocycles. The summed E-state index contributed by atoms with van der Waals surface area (Å²) in [4.78, 5) is 13.9. The number of amides is 1. The summed E-state index contributed by atoms with van der Waals surface area (Å²) in [5, 5.41) is 3.00. The van der Waals surface area contributed by atoms with Gasteiger partial charge >= 0.3 is 0 Å². The van der Waals surface area contributed by atoms with Crippen LogP contribution in [0.25, 0.3) is 0 Å². The van der Waals surface area contributed by atoms with Gasteiger partial charge in [0.15, 0.2) is 0 Å². The summed E-state index contributed by atoms with van der Waals surface area (Å²) in [5.74, 6) is 0.814. The Morgan fingerprint density at radius 1 is 1.50 bits per heavy atom. The minimum absolute atomic E-state index is 0.153. The number of nitrogens with two attached hydrogens (primary N) is 1. The highest BCUT2D eigenvalue weighted by Crippen LogP contribution is 2.15. The first-order valence-electron chi connectivity index (χ1n) is 6.37. The molecule has 0 aromatic rings. The Hall–Kier alpha value is -0.610. The molecule has 1 aliphatic heterocycles. The van der Waals surface area contributed by atoms with Crippen molar-refractivity contribution in [2.45, 2.75) is 39.2 Å². The van der Waals surface area contributed by atoms with E-state index in [0.29, 0.717) is 12.5 Å². The molecule has 1 rings (SSSR count). The molecule has 1 fully saturated rings. The normalized spacial score (nSPS) is 20.7. The number of likely N-dealkylation sites (tertiary alicyclic amines) is 1. The van der Waals surface area contributed by atoms with Crippen LogP contribution in [0, 0.1) is 5.92 Å². The number of hydrogen-bond donors (Lipinski definition) is 2. The Kier molecular flexibility index (Phi) is 5.77. The van der Waals surface area contributed by atoms with Gasteiger partial charge in [-0.3, -0.25) is 9.69 Å². The van der Waals surface area contributed by atoms with Crippen LogP contribution in [-0.2, 0) is 4.79 Å². The molecule has 1 amide bonds. The molecule has 0 aromatic heterocycles. The molecule has 16 heavy (non-hydrogen) atoms. The first-order valence-corrected chi connectivity index (χ1v) is 6.37. The number of carbonyl (C=O) groups is 1. The van der Waals surface area contributed by atoms with Crippen molar-refractivity contribution < 1.29 is 4.79 Å². The molecule has 3 N–H and O–H groups in total. The van der Waals surface area contributed by atoms with E-state index in [1.54, 1.807) is 0 Å². The Balaban J connectivity index is 2.20. The topological polar surface area (TPSA) is 58.4 Å². The maximum Gasteiger partial charge on any atom is 0.234 e. The molecule has 0 spiro atoms. The van der Waals surface area contributed by atoms with E-state index in [1.165, 1.54) is 0 Å². The Morgan fingerprint density at radius 3 is 2.62 bits per heavy atom. The van der Waals surface area contributed by atoms with Crippen molar-refractivity contribution in [3.8, 4) is 0 Å². The standard InChI is InChI=1S/C12H25N3O/c1-3-10(2)14-12(16)9-15-6-4-11(8-13)5-7-15/h10-11H,3-9,13H2,1-2H3,(H,14,16). The van der Waals surface area contributed by atoms with Gasteiger partial charge in [0.05, 0.1) is 6.54 Å². The van der Waals surface area contributed by atoms with Gasteiger partial charge in [-0.15, -0.1) is 0 Å². The monoisotopic (exact) mass is 227 g/mol. The first kappa shape index (κ1) is 13.5. The molecule has 1 atom stereocenters. The minimum atomic E-state index is 0.153. The van der Waals surface area contributed by atoms with E-state index >= 15 is 0 Å². The predicted molar refractivity (Wildman–Crippen MR) is 66.1 cm³/mol. The van der Waals surface area contributed by atoms with Gasteiger partial charge in [-0.25, -0.2) is 0 Å². The van der Waals surface area contributed by atoms with Gasteiger partial charge in [0, 0.05) is 6.04 Å². The van der Waals surface area contributed by atoms with Crippen LogP contribution >= 0.6 is 0 Å². The van der Waals surface area contributed by atoms with Crippen LogP contribution < -0.4 is 11.1 Å². The van der Waals surface area contributed by atoms with Crippen LogP contribution in [-0.4, -0.2) is 43.0 Å². The van der Waals surface area contributed by atoms with Crippen LogP contribution in [0.2, 0.25) is 0 Å². The highest BCUT2D eigenvalue weighted by Gasteiger charge is 2.19. The molecule has 4 nitrogen and oxygen atoms in total. The van der Waals surface area contributed by atoms with Crippen molar-refractivity contribution in [2.24, 2.45) is 11.7 Å². The molecule has 1 saturated heterocycles. The lowest BCUT2D eigenvalue weighted by atomic mass is 9.97. The largest absolute Gasteiger partial charge is 0.353 e. The van der Waals surface area contributed by atoms with Gasteiger partial charge in [0.25, 0.3) is 0 Å². The summed E-state index contributed by atoms with van der Waals surface area (Å²) in [6.07, 6.45) is 3.25. The van der Waals surface area contributed by atoms with Crippen LogP contribution in [0.4, 0.5) is 0 Å². The van der Waals surface area contributed by atoms with E-state index in [4.69, 9.17) is 5.73 Å². The van der Waals surface area contributed by atoms with Crippen LogP contribution in [0.1, 0.15) is 33.1 Å². The van der Waals surface area contributed by atoms with E-state index in [2.05, 4.69) is 17.1 Å². The van der Waals surface area contributed by atoms with Gasteiger partial charge < -0.3 is 11.1 Å². The van der Waals surface area contributed by atoms with E-state index < -0.39 is 0 Å². The van der Waals surface area contributed by atoms with Crippen molar-refractivity contribution in [3.05, 3.63) is 0 Å². The summed E-state index contributed by atoms with van der Waals surface area (Å²) < 4.78 is 0. The molecule has 4 heteroatoms. The highest BCUT2D eigenvalue weighted by molar-refractivity contribution is 5.78. The fourth-order valence-electron chi connectivity index (χ4n) is 2.01. The van der Waals surface area contributed by atoms with Crippen LogP contribution in [0.5, 0.6) is 0 Å². The summed E-state index contributed by atoms with van der Waals surface area (Å²) in [6.45, 7) is 7.47. The second-order valence-electron chi connectivity index (χ2n) is 4.83. The van der Waals surface area contributed by atoms with Crippen LogP contribution in [0.15, 0.2) is 0 Å². The van der Waals surface area contributed by atoms with Crippen molar-refractivity contribution in [1.29, 1.82) is 0 Å². The number of hydrogen-bond acceptors (Lipinski definition) is 3. The number of piperidine rings is 1. The third kappa shape index (κ3) is 4.49. The Bertz CT molecular complexity index is 212. The zero-order valence-electron chi connectivity index (χ0n) is 10.5.